The molecule has 7 nitrogen and oxygen atoms in total. The number of hydrogen-bond donors (Lipinski definition) is 1. The summed E-state index contributed by atoms with van der Waals surface area (Å²) in [5, 5.41) is 11.0. The molecule has 0 saturated carbocycles. The van der Waals surface area contributed by atoms with Gasteiger partial charge < -0.3 is 5.32 Å². The predicted molar refractivity (Wildman–Crippen MR) is 122 cm³/mol. The van der Waals surface area contributed by atoms with Crippen LogP contribution >= 0.6 is 0 Å². The lowest BCUT2D eigenvalue weighted by atomic mass is 10.1. The zero-order chi connectivity index (χ0) is 25.2. The van der Waals surface area contributed by atoms with E-state index in [4.69, 9.17) is 0 Å². The third kappa shape index (κ3) is 5.32. The van der Waals surface area contributed by atoms with E-state index in [0.29, 0.717) is 6.54 Å². The van der Waals surface area contributed by atoms with Gasteiger partial charge in [0.15, 0.2) is 0 Å². The van der Waals surface area contributed by atoms with Crippen LogP contribution in [0.25, 0.3) is 5.69 Å². The fourth-order valence-electron chi connectivity index (χ4n) is 3.76. The van der Waals surface area contributed by atoms with Crippen molar-refractivity contribution in [1.29, 1.82) is 0 Å². The van der Waals surface area contributed by atoms with Crippen molar-refractivity contribution in [3.8, 4) is 5.69 Å². The highest BCUT2D eigenvalue weighted by molar-refractivity contribution is 6.43. The summed E-state index contributed by atoms with van der Waals surface area (Å²) in [4.78, 5) is 25.4. The molecule has 2 aromatic heterocycles. The molecule has 4 aromatic rings. The Bertz CT molecular complexity index is 1360. The van der Waals surface area contributed by atoms with Gasteiger partial charge in [0, 0.05) is 18.9 Å². The Hall–Kier alpha value is -4.21. The molecule has 180 valence electrons. The van der Waals surface area contributed by atoms with E-state index >= 15 is 0 Å². The summed E-state index contributed by atoms with van der Waals surface area (Å²) in [7, 11) is 0. The maximum absolute atomic E-state index is 13.1. The lowest BCUT2D eigenvalue weighted by Gasteiger charge is -2.10. The summed E-state index contributed by atoms with van der Waals surface area (Å²) in [6.07, 6.45) is -0.950. The van der Waals surface area contributed by atoms with Crippen LogP contribution in [0.1, 0.15) is 38.4 Å². The molecule has 0 aliphatic heterocycles. The van der Waals surface area contributed by atoms with Crippen LogP contribution in [-0.2, 0) is 24.1 Å². The van der Waals surface area contributed by atoms with E-state index in [1.165, 1.54) is 23.7 Å². The van der Waals surface area contributed by atoms with E-state index in [-0.39, 0.29) is 29.2 Å². The van der Waals surface area contributed by atoms with Gasteiger partial charge >= 0.3 is 6.18 Å². The van der Waals surface area contributed by atoms with Crippen LogP contribution in [0.15, 0.2) is 67.0 Å². The second-order valence-corrected chi connectivity index (χ2v) is 8.04. The number of carbonyl (C=O) groups excluding carboxylic acids is 2. The van der Waals surface area contributed by atoms with Crippen molar-refractivity contribution in [3.63, 3.8) is 0 Å². The topological polar surface area (TPSA) is 81.8 Å². The summed E-state index contributed by atoms with van der Waals surface area (Å²) >= 11 is 0. The molecule has 0 aliphatic carbocycles. The third-order valence-corrected chi connectivity index (χ3v) is 5.52. The second kappa shape index (κ2) is 9.57. The molecule has 0 atom stereocenters. The van der Waals surface area contributed by atoms with Crippen LogP contribution in [0.3, 0.4) is 0 Å². The van der Waals surface area contributed by atoms with Gasteiger partial charge in [-0.25, -0.2) is 4.68 Å². The van der Waals surface area contributed by atoms with Gasteiger partial charge in [-0.2, -0.15) is 23.4 Å². The fraction of sp³-hybridized carbons (Fsp3) is 0.200. The van der Waals surface area contributed by atoms with Gasteiger partial charge in [-0.3, -0.25) is 14.3 Å². The molecule has 10 heteroatoms. The Morgan fingerprint density at radius 1 is 1.00 bits per heavy atom. The number of alkyl halides is 3. The van der Waals surface area contributed by atoms with E-state index < -0.39 is 23.4 Å². The smallest absolute Gasteiger partial charge is 0.345 e. The zero-order valence-corrected chi connectivity index (χ0v) is 19.0. The van der Waals surface area contributed by atoms with Gasteiger partial charge in [-0.1, -0.05) is 30.3 Å². The Labute approximate surface area is 199 Å². The summed E-state index contributed by atoms with van der Waals surface area (Å²) < 4.78 is 42.3. The Morgan fingerprint density at radius 2 is 1.71 bits per heavy atom. The first kappa shape index (κ1) is 23.9. The predicted octanol–water partition coefficient (Wildman–Crippen LogP) is 4.25. The fourth-order valence-corrected chi connectivity index (χ4v) is 3.76. The largest absolute Gasteiger partial charge is 0.416 e. The molecule has 0 spiro atoms. The minimum atomic E-state index is -4.51. The number of ketones is 1. The first-order chi connectivity index (χ1) is 16.6. The Kier molecular flexibility index (Phi) is 6.54. The Balaban J connectivity index is 1.45. The maximum atomic E-state index is 13.1. The normalized spacial score (nSPS) is 11.5. The maximum Gasteiger partial charge on any atom is 0.416 e. The van der Waals surface area contributed by atoms with Crippen molar-refractivity contribution < 1.29 is 22.8 Å². The summed E-state index contributed by atoms with van der Waals surface area (Å²) in [5.41, 5.74) is 1.76. The third-order valence-electron chi connectivity index (χ3n) is 5.52. The molecular formula is C25H22F3N5O2. The molecule has 0 saturated heterocycles. The van der Waals surface area contributed by atoms with Crippen molar-refractivity contribution in [3.05, 3.63) is 101 Å². The van der Waals surface area contributed by atoms with Crippen LogP contribution in [0.5, 0.6) is 0 Å². The van der Waals surface area contributed by atoms with Gasteiger partial charge in [0.05, 0.1) is 34.7 Å². The number of aromatic nitrogens is 4. The molecule has 1 N–H and O–H groups in total. The summed E-state index contributed by atoms with van der Waals surface area (Å²) in [5.74, 6) is -1.62. The highest BCUT2D eigenvalue weighted by Crippen LogP contribution is 2.31. The number of halogens is 3. The number of rotatable bonds is 7. The van der Waals surface area contributed by atoms with E-state index in [1.807, 2.05) is 36.5 Å². The van der Waals surface area contributed by atoms with Crippen LogP contribution in [0, 0.1) is 13.8 Å². The summed E-state index contributed by atoms with van der Waals surface area (Å²) in [6, 6.07) is 14.0. The second-order valence-electron chi connectivity index (χ2n) is 8.04. The van der Waals surface area contributed by atoms with Crippen molar-refractivity contribution in [1.82, 2.24) is 24.9 Å². The molecule has 4 rings (SSSR count). The first-order valence-electron chi connectivity index (χ1n) is 10.7. The number of aryl methyl sites for hydroxylation is 1. The van der Waals surface area contributed by atoms with Gasteiger partial charge in [0.2, 0.25) is 0 Å². The van der Waals surface area contributed by atoms with Gasteiger partial charge in [-0.05, 0) is 49.2 Å². The Morgan fingerprint density at radius 3 is 2.37 bits per heavy atom. The van der Waals surface area contributed by atoms with Gasteiger partial charge in [0.1, 0.15) is 0 Å². The van der Waals surface area contributed by atoms with E-state index in [1.54, 1.807) is 17.8 Å². The van der Waals surface area contributed by atoms with E-state index in [9.17, 15) is 22.8 Å². The summed E-state index contributed by atoms with van der Waals surface area (Å²) in [6.45, 7) is 3.84. The minimum Gasteiger partial charge on any atom is -0.345 e. The van der Waals surface area contributed by atoms with Crippen molar-refractivity contribution in [2.45, 2.75) is 33.1 Å². The molecular weight excluding hydrogens is 459 g/mol. The molecule has 1 amide bonds. The SMILES string of the molecule is Cc1nn(-c2cccc(C(F)(F)F)c2)c(C)c1C(=O)C(=O)NCc1ccc(Cn2cccn2)cc1. The first-order valence-corrected chi connectivity index (χ1v) is 10.7. The quantitative estimate of drug-likeness (QED) is 0.316. The molecule has 2 aromatic carbocycles. The zero-order valence-electron chi connectivity index (χ0n) is 19.0. The van der Waals surface area contributed by atoms with Gasteiger partial charge in [0.25, 0.3) is 11.7 Å². The number of amides is 1. The van der Waals surface area contributed by atoms with Gasteiger partial charge in [-0.15, -0.1) is 0 Å². The lowest BCUT2D eigenvalue weighted by molar-refractivity contribution is -0.137. The number of Topliss-reactive ketones (excluding diaryl/α,β-unsaturated/α-hetero) is 1. The number of hydrogen-bond acceptors (Lipinski definition) is 4. The number of nitrogens with zero attached hydrogens (tertiary/aromatic N) is 4. The standard InChI is InChI=1S/C25H22F3N5O2/c1-16-22(17(2)33(31-16)21-6-3-5-20(13-21)25(26,27)28)23(34)24(35)29-14-18-7-9-19(10-8-18)15-32-12-4-11-30-32/h3-13H,14-15H2,1-2H3,(H,29,35). The molecule has 35 heavy (non-hydrogen) atoms. The lowest BCUT2D eigenvalue weighted by Crippen LogP contribution is -2.31. The van der Waals surface area contributed by atoms with E-state index in [0.717, 1.165) is 23.3 Å². The molecule has 2 heterocycles. The van der Waals surface area contributed by atoms with Crippen LogP contribution in [0.4, 0.5) is 13.2 Å². The molecule has 0 unspecified atom stereocenters. The van der Waals surface area contributed by atoms with E-state index in [2.05, 4.69) is 15.5 Å². The van der Waals surface area contributed by atoms with Crippen LogP contribution in [-0.4, -0.2) is 31.3 Å². The number of nitrogens with one attached hydrogen (secondary N) is 1. The molecule has 0 radical (unpaired) electrons. The highest BCUT2D eigenvalue weighted by atomic mass is 19.4. The average molecular weight is 481 g/mol. The number of benzene rings is 2. The van der Waals surface area contributed by atoms with Crippen LogP contribution in [0.2, 0.25) is 0 Å². The van der Waals surface area contributed by atoms with Crippen molar-refractivity contribution in [2.75, 3.05) is 0 Å². The van der Waals surface area contributed by atoms with Crippen molar-refractivity contribution in [2.24, 2.45) is 0 Å². The average Bonchev–Trinajstić information content (AvgIpc) is 3.44. The molecule has 0 fully saturated rings. The van der Waals surface area contributed by atoms with Crippen molar-refractivity contribution >= 4 is 11.7 Å². The highest BCUT2D eigenvalue weighted by Gasteiger charge is 2.31. The van der Waals surface area contributed by atoms with Crippen LogP contribution < -0.4 is 5.32 Å². The monoisotopic (exact) mass is 481 g/mol. The number of carbonyl (C=O) groups is 2. The molecule has 0 aliphatic rings. The molecule has 0 bridgehead atoms. The minimum absolute atomic E-state index is 0.0643.